The first kappa shape index (κ1) is 13.3. The van der Waals surface area contributed by atoms with Gasteiger partial charge >= 0.3 is 6.18 Å². The number of nitrogens with zero attached hydrogens (tertiary/aromatic N) is 2. The van der Waals surface area contributed by atoms with Gasteiger partial charge in [0.25, 0.3) is 0 Å². The Bertz CT molecular complexity index is 366. The summed E-state index contributed by atoms with van der Waals surface area (Å²) in [7, 11) is 0. The van der Waals surface area contributed by atoms with Crippen molar-refractivity contribution >= 4 is 21.7 Å². The number of aryl methyl sites for hydroxylation is 1. The van der Waals surface area contributed by atoms with Gasteiger partial charge in [0.05, 0.1) is 4.47 Å². The lowest BCUT2D eigenvalue weighted by Crippen LogP contribution is -2.34. The molecular formula is C10H12BrF3N2. The molecule has 1 aromatic heterocycles. The molecule has 6 heteroatoms. The van der Waals surface area contributed by atoms with Crippen LogP contribution >= 0.6 is 15.9 Å². The standard InChI is InChI=1S/C10H12BrF3N2/c1-3-16(6-10(12,13)14)9-8(11)7(2)4-5-15-9/h4-5H,3,6H2,1-2H3. The Morgan fingerprint density at radius 2 is 2.06 bits per heavy atom. The third-order valence-corrected chi connectivity index (χ3v) is 3.10. The lowest BCUT2D eigenvalue weighted by molar-refractivity contribution is -0.119. The molecule has 0 aliphatic carbocycles. The Labute approximate surface area is 101 Å². The van der Waals surface area contributed by atoms with Crippen LogP contribution in [0.15, 0.2) is 16.7 Å². The zero-order chi connectivity index (χ0) is 12.3. The Hall–Kier alpha value is -0.780. The molecule has 1 rings (SSSR count). The quantitative estimate of drug-likeness (QED) is 0.848. The van der Waals surface area contributed by atoms with Gasteiger partial charge in [-0.3, -0.25) is 0 Å². The maximum Gasteiger partial charge on any atom is 0.405 e. The maximum atomic E-state index is 12.3. The number of hydrogen-bond donors (Lipinski definition) is 0. The molecule has 16 heavy (non-hydrogen) atoms. The fourth-order valence-electron chi connectivity index (χ4n) is 1.30. The molecule has 0 atom stereocenters. The number of halogens is 4. The Kier molecular flexibility index (Phi) is 4.18. The van der Waals surface area contributed by atoms with E-state index in [0.29, 0.717) is 10.3 Å². The molecule has 0 spiro atoms. The Balaban J connectivity index is 3.00. The van der Waals surface area contributed by atoms with Crippen molar-refractivity contribution in [3.8, 4) is 0 Å². The Morgan fingerprint density at radius 3 is 2.56 bits per heavy atom. The van der Waals surface area contributed by atoms with E-state index < -0.39 is 12.7 Å². The SMILES string of the molecule is CCN(CC(F)(F)F)c1nccc(C)c1Br. The van der Waals surface area contributed by atoms with Crippen molar-refractivity contribution in [2.24, 2.45) is 0 Å². The molecule has 2 nitrogen and oxygen atoms in total. The van der Waals surface area contributed by atoms with Gasteiger partial charge < -0.3 is 4.90 Å². The molecule has 0 saturated carbocycles. The molecule has 0 amide bonds. The van der Waals surface area contributed by atoms with E-state index in [0.717, 1.165) is 5.56 Å². The van der Waals surface area contributed by atoms with Crippen LogP contribution in [-0.4, -0.2) is 24.2 Å². The molecule has 0 aliphatic heterocycles. The number of pyridine rings is 1. The third-order valence-electron chi connectivity index (χ3n) is 2.12. The first-order chi connectivity index (χ1) is 7.35. The van der Waals surface area contributed by atoms with Crippen molar-refractivity contribution in [1.82, 2.24) is 4.98 Å². The smallest absolute Gasteiger partial charge is 0.347 e. The zero-order valence-corrected chi connectivity index (χ0v) is 10.6. The van der Waals surface area contributed by atoms with Crippen LogP contribution < -0.4 is 4.90 Å². The van der Waals surface area contributed by atoms with E-state index in [2.05, 4.69) is 20.9 Å². The van der Waals surface area contributed by atoms with Crippen molar-refractivity contribution in [2.45, 2.75) is 20.0 Å². The number of aromatic nitrogens is 1. The molecule has 0 radical (unpaired) electrons. The van der Waals surface area contributed by atoms with Gasteiger partial charge in [0, 0.05) is 12.7 Å². The highest BCUT2D eigenvalue weighted by Crippen LogP contribution is 2.29. The zero-order valence-electron chi connectivity index (χ0n) is 8.98. The summed E-state index contributed by atoms with van der Waals surface area (Å²) in [6.45, 7) is 2.76. The summed E-state index contributed by atoms with van der Waals surface area (Å²) in [5.74, 6) is 0.333. The lowest BCUT2D eigenvalue weighted by Gasteiger charge is -2.24. The topological polar surface area (TPSA) is 16.1 Å². The largest absolute Gasteiger partial charge is 0.405 e. The van der Waals surface area contributed by atoms with Crippen molar-refractivity contribution in [1.29, 1.82) is 0 Å². The predicted octanol–water partition coefficient (Wildman–Crippen LogP) is 3.54. The van der Waals surface area contributed by atoms with Gasteiger partial charge in [0.2, 0.25) is 0 Å². The average Bonchev–Trinajstić information content (AvgIpc) is 2.18. The van der Waals surface area contributed by atoms with Gasteiger partial charge in [-0.1, -0.05) is 0 Å². The third kappa shape index (κ3) is 3.37. The molecule has 0 bridgehead atoms. The monoisotopic (exact) mass is 296 g/mol. The van der Waals surface area contributed by atoms with Crippen LogP contribution in [0.25, 0.3) is 0 Å². The van der Waals surface area contributed by atoms with Gasteiger partial charge in [-0.2, -0.15) is 13.2 Å². The van der Waals surface area contributed by atoms with Crippen LogP contribution in [0.1, 0.15) is 12.5 Å². The van der Waals surface area contributed by atoms with E-state index in [1.54, 1.807) is 13.0 Å². The summed E-state index contributed by atoms with van der Waals surface area (Å²) in [4.78, 5) is 5.17. The minimum atomic E-state index is -4.22. The second kappa shape index (κ2) is 5.03. The second-order valence-electron chi connectivity index (χ2n) is 3.39. The molecule has 0 aromatic carbocycles. The maximum absolute atomic E-state index is 12.3. The first-order valence-corrected chi connectivity index (χ1v) is 5.57. The normalized spacial score (nSPS) is 11.6. The van der Waals surface area contributed by atoms with Crippen LogP contribution in [-0.2, 0) is 0 Å². The number of rotatable bonds is 3. The molecular weight excluding hydrogens is 285 g/mol. The number of anilines is 1. The van der Waals surface area contributed by atoms with Gasteiger partial charge in [-0.05, 0) is 41.4 Å². The van der Waals surface area contributed by atoms with E-state index in [-0.39, 0.29) is 6.54 Å². The van der Waals surface area contributed by atoms with Gasteiger partial charge in [0.1, 0.15) is 12.4 Å². The van der Waals surface area contributed by atoms with Crippen LogP contribution in [0.4, 0.5) is 19.0 Å². The summed E-state index contributed by atoms with van der Waals surface area (Å²) in [6, 6.07) is 1.75. The molecule has 0 N–H and O–H groups in total. The van der Waals surface area contributed by atoms with Gasteiger partial charge in [0.15, 0.2) is 0 Å². The van der Waals surface area contributed by atoms with Crippen LogP contribution in [0, 0.1) is 6.92 Å². The van der Waals surface area contributed by atoms with Crippen molar-refractivity contribution in [3.63, 3.8) is 0 Å². The van der Waals surface area contributed by atoms with Crippen LogP contribution in [0.2, 0.25) is 0 Å². The molecule has 1 heterocycles. The minimum absolute atomic E-state index is 0.258. The van der Waals surface area contributed by atoms with Crippen LogP contribution in [0.5, 0.6) is 0 Å². The molecule has 0 saturated heterocycles. The minimum Gasteiger partial charge on any atom is -0.347 e. The van der Waals surface area contributed by atoms with Gasteiger partial charge in [-0.15, -0.1) is 0 Å². The predicted molar refractivity (Wildman–Crippen MR) is 60.6 cm³/mol. The lowest BCUT2D eigenvalue weighted by atomic mass is 10.3. The summed E-state index contributed by atoms with van der Waals surface area (Å²) in [5, 5.41) is 0. The summed E-state index contributed by atoms with van der Waals surface area (Å²) < 4.78 is 37.6. The fraction of sp³-hybridized carbons (Fsp3) is 0.500. The molecule has 1 aromatic rings. The highest BCUT2D eigenvalue weighted by atomic mass is 79.9. The summed E-state index contributed by atoms with van der Waals surface area (Å²) in [5.41, 5.74) is 0.866. The first-order valence-electron chi connectivity index (χ1n) is 4.78. The summed E-state index contributed by atoms with van der Waals surface area (Å²) in [6.07, 6.45) is -2.71. The highest BCUT2D eigenvalue weighted by Gasteiger charge is 2.31. The Morgan fingerprint density at radius 1 is 1.44 bits per heavy atom. The fourth-order valence-corrected chi connectivity index (χ4v) is 1.78. The number of hydrogen-bond acceptors (Lipinski definition) is 2. The van der Waals surface area contributed by atoms with E-state index in [1.165, 1.54) is 11.1 Å². The van der Waals surface area contributed by atoms with Gasteiger partial charge in [-0.25, -0.2) is 4.98 Å². The molecule has 90 valence electrons. The second-order valence-corrected chi connectivity index (χ2v) is 4.19. The highest BCUT2D eigenvalue weighted by molar-refractivity contribution is 9.10. The van der Waals surface area contributed by atoms with Crippen molar-refractivity contribution < 1.29 is 13.2 Å². The van der Waals surface area contributed by atoms with Crippen LogP contribution in [0.3, 0.4) is 0 Å². The van der Waals surface area contributed by atoms with E-state index in [4.69, 9.17) is 0 Å². The average molecular weight is 297 g/mol. The van der Waals surface area contributed by atoms with Crippen molar-refractivity contribution in [3.05, 3.63) is 22.3 Å². The van der Waals surface area contributed by atoms with E-state index in [1.807, 2.05) is 6.92 Å². The van der Waals surface area contributed by atoms with Crippen molar-refractivity contribution in [2.75, 3.05) is 18.0 Å². The van der Waals surface area contributed by atoms with E-state index in [9.17, 15) is 13.2 Å². The summed E-state index contributed by atoms with van der Waals surface area (Å²) >= 11 is 3.26. The molecule has 0 unspecified atom stereocenters. The van der Waals surface area contributed by atoms with E-state index >= 15 is 0 Å². The number of alkyl halides is 3. The molecule has 0 aliphatic rings. The molecule has 0 fully saturated rings.